The number of halogens is 1. The van der Waals surface area contributed by atoms with Gasteiger partial charge in [-0.05, 0) is 60.4 Å². The molecule has 4 heteroatoms. The van der Waals surface area contributed by atoms with Gasteiger partial charge in [0.2, 0.25) is 0 Å². The summed E-state index contributed by atoms with van der Waals surface area (Å²) in [4.78, 5) is 0. The van der Waals surface area contributed by atoms with E-state index in [1.165, 1.54) is 37.7 Å². The average Bonchev–Trinajstić information content (AvgIpc) is 2.48. The lowest BCUT2D eigenvalue weighted by atomic mass is 10.1. The van der Waals surface area contributed by atoms with Gasteiger partial charge in [-0.2, -0.15) is 0 Å². The maximum atomic E-state index is 5.81. The molecule has 0 aliphatic rings. The molecule has 0 aliphatic heterocycles. The quantitative estimate of drug-likeness (QED) is 0.535. The Hall–Kier alpha value is -0.740. The number of ether oxygens (including phenoxy) is 2. The van der Waals surface area contributed by atoms with Gasteiger partial charge in [0.15, 0.2) is 11.5 Å². The highest BCUT2D eigenvalue weighted by Gasteiger charge is 2.12. The van der Waals surface area contributed by atoms with Crippen LogP contribution in [0.5, 0.6) is 11.5 Å². The number of hydrogen-bond donors (Lipinski definition) is 1. The molecule has 0 bridgehead atoms. The van der Waals surface area contributed by atoms with Gasteiger partial charge in [0.25, 0.3) is 0 Å². The standard InChI is InChI=1S/C18H30BrNO2/c1-5-6-7-8-9-10-20-13-15-11-16(19)18(22-14(2)3)17(12-15)21-4/h11-12,14,20H,5-10,13H2,1-4H3. The smallest absolute Gasteiger partial charge is 0.175 e. The van der Waals surface area contributed by atoms with Crippen LogP contribution in [0, 0.1) is 0 Å². The van der Waals surface area contributed by atoms with Crippen LogP contribution < -0.4 is 14.8 Å². The van der Waals surface area contributed by atoms with Crippen molar-refractivity contribution in [3.05, 3.63) is 22.2 Å². The van der Waals surface area contributed by atoms with Crippen molar-refractivity contribution >= 4 is 15.9 Å². The van der Waals surface area contributed by atoms with E-state index >= 15 is 0 Å². The van der Waals surface area contributed by atoms with Crippen molar-refractivity contribution in [1.82, 2.24) is 5.32 Å². The number of unbranched alkanes of at least 4 members (excludes halogenated alkanes) is 4. The van der Waals surface area contributed by atoms with E-state index < -0.39 is 0 Å². The Balaban J connectivity index is 2.49. The lowest BCUT2D eigenvalue weighted by Crippen LogP contribution is -2.15. The molecule has 1 rings (SSSR count). The Bertz CT molecular complexity index is 435. The van der Waals surface area contributed by atoms with Gasteiger partial charge in [-0.25, -0.2) is 0 Å². The molecular formula is C18H30BrNO2. The molecule has 0 saturated carbocycles. The summed E-state index contributed by atoms with van der Waals surface area (Å²) < 4.78 is 12.2. The average molecular weight is 372 g/mol. The highest BCUT2D eigenvalue weighted by Crippen LogP contribution is 2.37. The molecule has 0 heterocycles. The minimum absolute atomic E-state index is 0.122. The van der Waals surface area contributed by atoms with Crippen molar-refractivity contribution in [2.24, 2.45) is 0 Å². The largest absolute Gasteiger partial charge is 0.493 e. The Labute approximate surface area is 143 Å². The van der Waals surface area contributed by atoms with Crippen molar-refractivity contribution < 1.29 is 9.47 Å². The molecule has 1 aromatic rings. The van der Waals surface area contributed by atoms with Gasteiger partial charge in [0.1, 0.15) is 0 Å². The van der Waals surface area contributed by atoms with Crippen LogP contribution >= 0.6 is 15.9 Å². The van der Waals surface area contributed by atoms with Gasteiger partial charge in [0.05, 0.1) is 17.7 Å². The number of hydrogen-bond acceptors (Lipinski definition) is 3. The molecule has 1 N–H and O–H groups in total. The van der Waals surface area contributed by atoms with Crippen LogP contribution in [0.1, 0.15) is 58.4 Å². The van der Waals surface area contributed by atoms with Crippen molar-refractivity contribution in [3.63, 3.8) is 0 Å². The molecular weight excluding hydrogens is 342 g/mol. The number of nitrogens with one attached hydrogen (secondary N) is 1. The Morgan fingerprint density at radius 2 is 1.86 bits per heavy atom. The van der Waals surface area contributed by atoms with E-state index in [0.717, 1.165) is 29.1 Å². The second-order valence-electron chi connectivity index (χ2n) is 5.87. The SMILES string of the molecule is CCCCCCCNCc1cc(Br)c(OC(C)C)c(OC)c1. The third kappa shape index (κ3) is 7.01. The zero-order valence-electron chi connectivity index (χ0n) is 14.4. The first-order valence-electron chi connectivity index (χ1n) is 8.32. The topological polar surface area (TPSA) is 30.5 Å². The van der Waals surface area contributed by atoms with E-state index in [0.29, 0.717) is 0 Å². The van der Waals surface area contributed by atoms with Crippen LogP contribution in [0.3, 0.4) is 0 Å². The fourth-order valence-corrected chi connectivity index (χ4v) is 2.89. The summed E-state index contributed by atoms with van der Waals surface area (Å²) in [5.74, 6) is 1.56. The lowest BCUT2D eigenvalue weighted by Gasteiger charge is -2.16. The second kappa shape index (κ2) is 10.9. The van der Waals surface area contributed by atoms with Gasteiger partial charge in [0, 0.05) is 6.54 Å². The van der Waals surface area contributed by atoms with Crippen LogP contribution in [0.15, 0.2) is 16.6 Å². The Morgan fingerprint density at radius 3 is 2.50 bits per heavy atom. The van der Waals surface area contributed by atoms with Gasteiger partial charge >= 0.3 is 0 Å². The summed E-state index contributed by atoms with van der Waals surface area (Å²) in [6.45, 7) is 8.19. The number of benzene rings is 1. The summed E-state index contributed by atoms with van der Waals surface area (Å²) in [5, 5.41) is 3.50. The van der Waals surface area contributed by atoms with Gasteiger partial charge in [-0.1, -0.05) is 32.6 Å². The first-order chi connectivity index (χ1) is 10.6. The van der Waals surface area contributed by atoms with E-state index in [1.807, 2.05) is 19.9 Å². The van der Waals surface area contributed by atoms with Crippen LogP contribution in [0.2, 0.25) is 0 Å². The molecule has 0 unspecified atom stereocenters. The summed E-state index contributed by atoms with van der Waals surface area (Å²) in [5.41, 5.74) is 1.20. The Morgan fingerprint density at radius 1 is 1.14 bits per heavy atom. The fourth-order valence-electron chi connectivity index (χ4n) is 2.31. The third-order valence-corrected chi connectivity index (χ3v) is 4.02. The van der Waals surface area contributed by atoms with E-state index in [-0.39, 0.29) is 6.10 Å². The normalized spacial score (nSPS) is 11.0. The van der Waals surface area contributed by atoms with Crippen LogP contribution in [0.4, 0.5) is 0 Å². The van der Waals surface area contributed by atoms with E-state index in [4.69, 9.17) is 9.47 Å². The van der Waals surface area contributed by atoms with E-state index in [9.17, 15) is 0 Å². The first-order valence-corrected chi connectivity index (χ1v) is 9.11. The van der Waals surface area contributed by atoms with Crippen molar-refractivity contribution in [2.75, 3.05) is 13.7 Å². The van der Waals surface area contributed by atoms with Gasteiger partial charge in [-0.15, -0.1) is 0 Å². The highest BCUT2D eigenvalue weighted by atomic mass is 79.9. The van der Waals surface area contributed by atoms with E-state index in [2.05, 4.69) is 34.2 Å². The summed E-state index contributed by atoms with van der Waals surface area (Å²) in [6, 6.07) is 4.15. The predicted octanol–water partition coefficient (Wildman–Crippen LogP) is 5.30. The maximum Gasteiger partial charge on any atom is 0.175 e. The molecule has 3 nitrogen and oxygen atoms in total. The number of methoxy groups -OCH3 is 1. The Kier molecular flexibility index (Phi) is 9.56. The third-order valence-electron chi connectivity index (χ3n) is 3.43. The maximum absolute atomic E-state index is 5.81. The first kappa shape index (κ1) is 19.3. The molecule has 0 amide bonds. The molecule has 126 valence electrons. The second-order valence-corrected chi connectivity index (χ2v) is 6.72. The van der Waals surface area contributed by atoms with Crippen LogP contribution in [-0.2, 0) is 6.54 Å². The lowest BCUT2D eigenvalue weighted by molar-refractivity contribution is 0.228. The molecule has 0 aliphatic carbocycles. The molecule has 22 heavy (non-hydrogen) atoms. The summed E-state index contributed by atoms with van der Waals surface area (Å²) in [7, 11) is 1.68. The zero-order chi connectivity index (χ0) is 16.4. The minimum Gasteiger partial charge on any atom is -0.493 e. The molecule has 0 aromatic heterocycles. The molecule has 1 aromatic carbocycles. The molecule has 0 radical (unpaired) electrons. The van der Waals surface area contributed by atoms with E-state index in [1.54, 1.807) is 7.11 Å². The van der Waals surface area contributed by atoms with Crippen LogP contribution in [-0.4, -0.2) is 19.8 Å². The number of rotatable bonds is 11. The van der Waals surface area contributed by atoms with Gasteiger partial charge < -0.3 is 14.8 Å². The molecule has 0 saturated heterocycles. The van der Waals surface area contributed by atoms with Crippen LogP contribution in [0.25, 0.3) is 0 Å². The van der Waals surface area contributed by atoms with Crippen molar-refractivity contribution in [3.8, 4) is 11.5 Å². The van der Waals surface area contributed by atoms with Gasteiger partial charge in [-0.3, -0.25) is 0 Å². The summed E-state index contributed by atoms with van der Waals surface area (Å²) >= 11 is 3.59. The van der Waals surface area contributed by atoms with Crippen molar-refractivity contribution in [2.45, 2.75) is 65.5 Å². The zero-order valence-corrected chi connectivity index (χ0v) is 16.0. The fraction of sp³-hybridized carbons (Fsp3) is 0.667. The molecule has 0 fully saturated rings. The predicted molar refractivity (Wildman–Crippen MR) is 96.9 cm³/mol. The highest BCUT2D eigenvalue weighted by molar-refractivity contribution is 9.10. The molecule has 0 spiro atoms. The van der Waals surface area contributed by atoms with Crippen molar-refractivity contribution in [1.29, 1.82) is 0 Å². The monoisotopic (exact) mass is 371 g/mol. The molecule has 0 atom stereocenters. The summed E-state index contributed by atoms with van der Waals surface area (Å²) in [6.07, 6.45) is 6.67. The minimum atomic E-state index is 0.122.